The quantitative estimate of drug-likeness (QED) is 0.827. The first-order valence-electron chi connectivity index (χ1n) is 4.82. The zero-order valence-electron chi connectivity index (χ0n) is 8.14. The van der Waals surface area contributed by atoms with Crippen LogP contribution in [0.15, 0.2) is 16.3 Å². The van der Waals surface area contributed by atoms with Crippen LogP contribution in [-0.4, -0.2) is 29.5 Å². The fraction of sp³-hybridized carbons (Fsp3) is 0.500. The van der Waals surface area contributed by atoms with E-state index in [0.717, 1.165) is 30.1 Å². The molecule has 2 rings (SSSR count). The maximum Gasteiger partial charge on any atom is 0.345 e. The summed E-state index contributed by atoms with van der Waals surface area (Å²) in [6, 6.07) is 1.73. The number of thioether (sulfide) groups is 1. The van der Waals surface area contributed by atoms with Gasteiger partial charge in [-0.25, -0.2) is 4.79 Å². The van der Waals surface area contributed by atoms with E-state index in [1.165, 1.54) is 11.3 Å². The van der Waals surface area contributed by atoms with Crippen LogP contribution in [0.3, 0.4) is 0 Å². The summed E-state index contributed by atoms with van der Waals surface area (Å²) in [5.74, 6) is 0.0828. The molecular weight excluding hydrogens is 232 g/mol. The molecule has 0 aromatic carbocycles. The minimum atomic E-state index is -0.844. The van der Waals surface area contributed by atoms with Crippen LogP contribution in [-0.2, 0) is 4.74 Å². The van der Waals surface area contributed by atoms with E-state index in [0.29, 0.717) is 11.0 Å². The number of thiophene rings is 1. The van der Waals surface area contributed by atoms with E-state index >= 15 is 0 Å². The van der Waals surface area contributed by atoms with E-state index in [1.807, 2.05) is 5.38 Å². The topological polar surface area (TPSA) is 46.5 Å². The average molecular weight is 244 g/mol. The summed E-state index contributed by atoms with van der Waals surface area (Å²) in [4.78, 5) is 12.1. The fourth-order valence-corrected chi connectivity index (χ4v) is 3.41. The van der Waals surface area contributed by atoms with Gasteiger partial charge in [0.15, 0.2) is 0 Å². The van der Waals surface area contributed by atoms with Crippen molar-refractivity contribution < 1.29 is 14.6 Å². The van der Waals surface area contributed by atoms with Gasteiger partial charge in [0.25, 0.3) is 0 Å². The van der Waals surface area contributed by atoms with Gasteiger partial charge in [-0.2, -0.15) is 0 Å². The van der Waals surface area contributed by atoms with Crippen molar-refractivity contribution >= 4 is 29.1 Å². The summed E-state index contributed by atoms with van der Waals surface area (Å²) in [6.45, 7) is 0.870. The Morgan fingerprint density at radius 1 is 1.73 bits per heavy atom. The Morgan fingerprint density at radius 2 is 2.60 bits per heavy atom. The highest BCUT2D eigenvalue weighted by Gasteiger charge is 2.16. The molecule has 1 aromatic heterocycles. The molecule has 0 saturated carbocycles. The molecule has 1 saturated heterocycles. The highest BCUT2D eigenvalue weighted by atomic mass is 32.2. The van der Waals surface area contributed by atoms with Gasteiger partial charge in [-0.15, -0.1) is 23.1 Å². The van der Waals surface area contributed by atoms with Crippen LogP contribution >= 0.6 is 23.1 Å². The summed E-state index contributed by atoms with van der Waals surface area (Å²) in [7, 11) is 0. The summed E-state index contributed by atoms with van der Waals surface area (Å²) in [6.07, 6.45) is 2.63. The monoisotopic (exact) mass is 244 g/mol. The van der Waals surface area contributed by atoms with Crippen molar-refractivity contribution in [1.82, 2.24) is 0 Å². The van der Waals surface area contributed by atoms with E-state index in [9.17, 15) is 4.79 Å². The van der Waals surface area contributed by atoms with Crippen LogP contribution in [0, 0.1) is 0 Å². The molecule has 0 bridgehead atoms. The van der Waals surface area contributed by atoms with Crippen molar-refractivity contribution in [3.8, 4) is 0 Å². The van der Waals surface area contributed by atoms with Crippen molar-refractivity contribution in [1.29, 1.82) is 0 Å². The molecule has 0 aliphatic carbocycles. The first-order chi connectivity index (χ1) is 7.25. The largest absolute Gasteiger partial charge is 0.477 e. The third kappa shape index (κ3) is 2.96. The summed E-state index contributed by atoms with van der Waals surface area (Å²) >= 11 is 2.96. The Hall–Kier alpha value is -0.520. The molecule has 15 heavy (non-hydrogen) atoms. The van der Waals surface area contributed by atoms with Crippen molar-refractivity contribution in [2.75, 3.05) is 12.4 Å². The number of hydrogen-bond donors (Lipinski definition) is 1. The van der Waals surface area contributed by atoms with E-state index in [1.54, 1.807) is 17.8 Å². The highest BCUT2D eigenvalue weighted by Crippen LogP contribution is 2.27. The molecule has 0 spiro atoms. The SMILES string of the molecule is O=C(O)c1cc(SCC2CCCO2)cs1. The Morgan fingerprint density at radius 3 is 3.20 bits per heavy atom. The standard InChI is InChI=1S/C10H12O3S2/c11-10(12)9-4-8(6-15-9)14-5-7-2-1-3-13-7/h4,6-7H,1-3,5H2,(H,11,12). The molecule has 5 heteroatoms. The van der Waals surface area contributed by atoms with Crippen LogP contribution in [0.2, 0.25) is 0 Å². The lowest BCUT2D eigenvalue weighted by Crippen LogP contribution is -2.07. The van der Waals surface area contributed by atoms with Gasteiger partial charge in [-0.1, -0.05) is 0 Å². The third-order valence-corrected chi connectivity index (χ3v) is 4.42. The van der Waals surface area contributed by atoms with Crippen molar-refractivity contribution in [3.63, 3.8) is 0 Å². The number of carbonyl (C=O) groups is 1. The normalized spacial score (nSPS) is 20.7. The van der Waals surface area contributed by atoms with Crippen LogP contribution in [0.5, 0.6) is 0 Å². The number of hydrogen-bond acceptors (Lipinski definition) is 4. The molecule has 1 atom stereocenters. The molecule has 1 aliphatic heterocycles. The average Bonchev–Trinajstić information content (AvgIpc) is 2.86. The zero-order valence-corrected chi connectivity index (χ0v) is 9.77. The molecule has 1 N–H and O–H groups in total. The second-order valence-corrected chi connectivity index (χ2v) is 5.40. The van der Waals surface area contributed by atoms with Gasteiger partial charge in [-0.05, 0) is 18.9 Å². The summed E-state index contributed by atoms with van der Waals surface area (Å²) < 4.78 is 5.50. The Kier molecular flexibility index (Phi) is 3.66. The third-order valence-electron chi connectivity index (χ3n) is 2.25. The van der Waals surface area contributed by atoms with Crippen molar-refractivity contribution in [2.24, 2.45) is 0 Å². The minimum Gasteiger partial charge on any atom is -0.477 e. The summed E-state index contributed by atoms with van der Waals surface area (Å²) in [5, 5.41) is 10.6. The molecule has 82 valence electrons. The molecule has 2 heterocycles. The van der Waals surface area contributed by atoms with Gasteiger partial charge in [0.1, 0.15) is 4.88 Å². The van der Waals surface area contributed by atoms with Gasteiger partial charge >= 0.3 is 5.97 Å². The lowest BCUT2D eigenvalue weighted by molar-refractivity contribution is 0.0702. The second-order valence-electron chi connectivity index (χ2n) is 3.40. The smallest absolute Gasteiger partial charge is 0.345 e. The van der Waals surface area contributed by atoms with Crippen LogP contribution in [0.1, 0.15) is 22.5 Å². The van der Waals surface area contributed by atoms with Crippen molar-refractivity contribution in [3.05, 3.63) is 16.3 Å². The van der Waals surface area contributed by atoms with E-state index in [4.69, 9.17) is 9.84 Å². The minimum absolute atomic E-state index is 0.350. The lowest BCUT2D eigenvalue weighted by atomic mass is 10.3. The first-order valence-corrected chi connectivity index (χ1v) is 6.68. The van der Waals surface area contributed by atoms with Gasteiger partial charge < -0.3 is 9.84 Å². The predicted molar refractivity (Wildman–Crippen MR) is 61.0 cm³/mol. The molecule has 1 unspecified atom stereocenters. The number of carboxylic acids is 1. The van der Waals surface area contributed by atoms with Gasteiger partial charge in [0.2, 0.25) is 0 Å². The highest BCUT2D eigenvalue weighted by molar-refractivity contribution is 7.99. The number of carboxylic acid groups (broad SMARTS) is 1. The van der Waals surface area contributed by atoms with Crippen LogP contribution in [0.25, 0.3) is 0 Å². The fourth-order valence-electron chi connectivity index (χ4n) is 1.47. The Bertz CT molecular complexity index is 342. The van der Waals surface area contributed by atoms with E-state index in [-0.39, 0.29) is 0 Å². The van der Waals surface area contributed by atoms with E-state index < -0.39 is 5.97 Å². The molecule has 0 radical (unpaired) electrons. The predicted octanol–water partition coefficient (Wildman–Crippen LogP) is 2.72. The van der Waals surface area contributed by atoms with Crippen LogP contribution in [0.4, 0.5) is 0 Å². The molecule has 3 nitrogen and oxygen atoms in total. The Balaban J connectivity index is 1.84. The Labute approximate surface area is 96.4 Å². The zero-order chi connectivity index (χ0) is 10.7. The van der Waals surface area contributed by atoms with Crippen molar-refractivity contribution in [2.45, 2.75) is 23.8 Å². The van der Waals surface area contributed by atoms with E-state index in [2.05, 4.69) is 0 Å². The molecular formula is C10H12O3S2. The molecule has 1 aromatic rings. The van der Waals surface area contributed by atoms with Gasteiger partial charge in [0.05, 0.1) is 6.10 Å². The van der Waals surface area contributed by atoms with Gasteiger partial charge in [0, 0.05) is 22.6 Å². The first kappa shape index (κ1) is 11.0. The maximum atomic E-state index is 10.7. The molecule has 0 amide bonds. The number of aromatic carboxylic acids is 1. The van der Waals surface area contributed by atoms with Gasteiger partial charge in [-0.3, -0.25) is 0 Å². The molecule has 1 fully saturated rings. The second kappa shape index (κ2) is 5.01. The maximum absolute atomic E-state index is 10.7. The number of ether oxygens (including phenoxy) is 1. The summed E-state index contributed by atoms with van der Waals surface area (Å²) in [5.41, 5.74) is 0. The van der Waals surface area contributed by atoms with Crippen LogP contribution < -0.4 is 0 Å². The lowest BCUT2D eigenvalue weighted by Gasteiger charge is -2.06. The number of rotatable bonds is 4. The molecule has 1 aliphatic rings.